The quantitative estimate of drug-likeness (QED) is 0.511. The lowest BCUT2D eigenvalue weighted by molar-refractivity contribution is -0.383. The van der Waals surface area contributed by atoms with Crippen LogP contribution in [0.3, 0.4) is 0 Å². The van der Waals surface area contributed by atoms with E-state index in [1.807, 2.05) is 56.3 Å². The summed E-state index contributed by atoms with van der Waals surface area (Å²) in [5, 5.41) is 17.6. The van der Waals surface area contributed by atoms with Crippen LogP contribution in [0.2, 0.25) is 0 Å². The van der Waals surface area contributed by atoms with Gasteiger partial charge in [0, 0.05) is 5.69 Å². The number of aryl methyl sites for hydroxylation is 1. The first-order valence-corrected chi connectivity index (χ1v) is 8.06. The van der Waals surface area contributed by atoms with Crippen molar-refractivity contribution in [1.82, 2.24) is 15.0 Å². The minimum Gasteiger partial charge on any atom is -0.358 e. The molecule has 2 heterocycles. The van der Waals surface area contributed by atoms with Gasteiger partial charge in [-0.25, -0.2) is 15.0 Å². The highest BCUT2D eigenvalue weighted by molar-refractivity contribution is 5.73. The van der Waals surface area contributed by atoms with Gasteiger partial charge in [0.2, 0.25) is 11.6 Å². The van der Waals surface area contributed by atoms with Crippen LogP contribution in [0.15, 0.2) is 54.9 Å². The summed E-state index contributed by atoms with van der Waals surface area (Å²) in [6.07, 6.45) is 1.28. The maximum Gasteiger partial charge on any atom is 0.353 e. The molecule has 2 N–H and O–H groups in total. The van der Waals surface area contributed by atoms with Crippen molar-refractivity contribution in [1.29, 1.82) is 0 Å². The Kier molecular flexibility index (Phi) is 5.02. The van der Waals surface area contributed by atoms with Crippen molar-refractivity contribution in [2.24, 2.45) is 0 Å². The van der Waals surface area contributed by atoms with E-state index in [1.165, 1.54) is 6.33 Å². The fraction of sp³-hybridized carbons (Fsp3) is 0.167. The predicted octanol–water partition coefficient (Wildman–Crippen LogP) is 4.00. The summed E-state index contributed by atoms with van der Waals surface area (Å²) in [7, 11) is 0. The first-order valence-electron chi connectivity index (χ1n) is 8.06. The maximum atomic E-state index is 11.6. The van der Waals surface area contributed by atoms with E-state index in [9.17, 15) is 10.1 Å². The summed E-state index contributed by atoms with van der Waals surface area (Å²) in [4.78, 5) is 23.5. The van der Waals surface area contributed by atoms with Gasteiger partial charge in [0.05, 0.1) is 11.0 Å². The Labute approximate surface area is 150 Å². The average Bonchev–Trinajstić information content (AvgIpc) is 2.62. The zero-order valence-electron chi connectivity index (χ0n) is 14.4. The molecule has 1 aromatic carbocycles. The van der Waals surface area contributed by atoms with Gasteiger partial charge in [0.25, 0.3) is 0 Å². The first kappa shape index (κ1) is 17.3. The summed E-state index contributed by atoms with van der Waals surface area (Å²) in [5.41, 5.74) is 1.57. The van der Waals surface area contributed by atoms with E-state index in [-0.39, 0.29) is 23.4 Å². The summed E-state index contributed by atoms with van der Waals surface area (Å²) in [6, 6.07) is 14.9. The fourth-order valence-electron chi connectivity index (χ4n) is 2.51. The number of nitrogens with zero attached hydrogens (tertiary/aromatic N) is 4. The van der Waals surface area contributed by atoms with Crippen LogP contribution in [-0.4, -0.2) is 19.9 Å². The second-order valence-corrected chi connectivity index (χ2v) is 5.74. The summed E-state index contributed by atoms with van der Waals surface area (Å²) in [5.74, 6) is 0.719. The molecule has 0 aliphatic rings. The molecule has 0 bridgehead atoms. The second-order valence-electron chi connectivity index (χ2n) is 5.74. The van der Waals surface area contributed by atoms with Crippen LogP contribution in [0.4, 0.5) is 23.1 Å². The van der Waals surface area contributed by atoms with E-state index in [1.54, 1.807) is 6.07 Å². The number of pyridine rings is 1. The number of rotatable bonds is 6. The molecule has 0 aliphatic heterocycles. The molecule has 8 heteroatoms. The number of anilines is 3. The van der Waals surface area contributed by atoms with Crippen molar-refractivity contribution < 1.29 is 4.92 Å². The smallest absolute Gasteiger partial charge is 0.353 e. The van der Waals surface area contributed by atoms with Gasteiger partial charge in [-0.2, -0.15) is 0 Å². The molecule has 26 heavy (non-hydrogen) atoms. The predicted molar refractivity (Wildman–Crippen MR) is 99.4 cm³/mol. The molecule has 0 radical (unpaired) electrons. The Morgan fingerprint density at radius 1 is 1.04 bits per heavy atom. The van der Waals surface area contributed by atoms with Crippen LogP contribution in [0.5, 0.6) is 0 Å². The van der Waals surface area contributed by atoms with Crippen molar-refractivity contribution in [2.45, 2.75) is 19.9 Å². The van der Waals surface area contributed by atoms with E-state index in [4.69, 9.17) is 0 Å². The average molecular weight is 350 g/mol. The summed E-state index contributed by atoms with van der Waals surface area (Å²) < 4.78 is 0. The largest absolute Gasteiger partial charge is 0.358 e. The Morgan fingerprint density at radius 3 is 2.46 bits per heavy atom. The Balaban J connectivity index is 1.92. The molecule has 3 rings (SSSR count). The molecule has 0 amide bonds. The standard InChI is InChI=1S/C18H18N6O2/c1-12-7-6-10-15(21-12)23-18-16(24(25)26)17(19-11-20-18)22-13(2)14-8-4-3-5-9-14/h3-11,13H,1-2H3,(H2,19,20,21,22,23). The van der Waals surface area contributed by atoms with Gasteiger partial charge < -0.3 is 10.6 Å². The second kappa shape index (κ2) is 7.56. The molecule has 0 fully saturated rings. The van der Waals surface area contributed by atoms with Crippen LogP contribution in [0, 0.1) is 17.0 Å². The Bertz CT molecular complexity index is 917. The normalized spacial score (nSPS) is 11.6. The molecule has 8 nitrogen and oxygen atoms in total. The van der Waals surface area contributed by atoms with Crippen LogP contribution in [-0.2, 0) is 0 Å². The number of aromatic nitrogens is 3. The van der Waals surface area contributed by atoms with Gasteiger partial charge in [-0.3, -0.25) is 10.1 Å². The number of hydrogen-bond donors (Lipinski definition) is 2. The number of nitro groups is 1. The van der Waals surface area contributed by atoms with E-state index < -0.39 is 4.92 Å². The molecule has 2 aromatic heterocycles. The van der Waals surface area contributed by atoms with Crippen molar-refractivity contribution in [3.05, 3.63) is 76.2 Å². The minimum absolute atomic E-state index is 0.0888. The SMILES string of the molecule is Cc1cccc(Nc2ncnc(NC(C)c3ccccc3)c2[N+](=O)[O-])n1. The van der Waals surface area contributed by atoms with Crippen LogP contribution >= 0.6 is 0 Å². The lowest BCUT2D eigenvalue weighted by Gasteiger charge is -2.15. The molecule has 0 saturated carbocycles. The first-order chi connectivity index (χ1) is 12.5. The highest BCUT2D eigenvalue weighted by atomic mass is 16.6. The summed E-state index contributed by atoms with van der Waals surface area (Å²) >= 11 is 0. The van der Waals surface area contributed by atoms with Gasteiger partial charge in [-0.05, 0) is 31.5 Å². The van der Waals surface area contributed by atoms with Crippen LogP contribution in [0.25, 0.3) is 0 Å². The molecule has 0 saturated heterocycles. The third kappa shape index (κ3) is 3.92. The van der Waals surface area contributed by atoms with E-state index in [0.29, 0.717) is 5.82 Å². The minimum atomic E-state index is -0.502. The zero-order valence-corrected chi connectivity index (χ0v) is 14.4. The van der Waals surface area contributed by atoms with Crippen molar-refractivity contribution >= 4 is 23.1 Å². The highest BCUT2D eigenvalue weighted by Crippen LogP contribution is 2.32. The molecular weight excluding hydrogens is 332 g/mol. The van der Waals surface area contributed by atoms with Gasteiger partial charge in [-0.1, -0.05) is 36.4 Å². The third-order valence-electron chi connectivity index (χ3n) is 3.79. The molecule has 3 aromatic rings. The number of benzene rings is 1. The fourth-order valence-corrected chi connectivity index (χ4v) is 2.51. The van der Waals surface area contributed by atoms with Gasteiger partial charge in [0.15, 0.2) is 0 Å². The van der Waals surface area contributed by atoms with Gasteiger partial charge in [0.1, 0.15) is 12.1 Å². The highest BCUT2D eigenvalue weighted by Gasteiger charge is 2.24. The monoisotopic (exact) mass is 350 g/mol. The number of nitrogens with one attached hydrogen (secondary N) is 2. The Morgan fingerprint density at radius 2 is 1.77 bits per heavy atom. The van der Waals surface area contributed by atoms with Crippen LogP contribution < -0.4 is 10.6 Å². The molecular formula is C18H18N6O2. The third-order valence-corrected chi connectivity index (χ3v) is 3.79. The van der Waals surface area contributed by atoms with Gasteiger partial charge in [-0.15, -0.1) is 0 Å². The van der Waals surface area contributed by atoms with E-state index in [2.05, 4.69) is 25.6 Å². The van der Waals surface area contributed by atoms with Crippen LogP contribution in [0.1, 0.15) is 24.2 Å². The maximum absolute atomic E-state index is 11.6. The Hall–Kier alpha value is -3.55. The topological polar surface area (TPSA) is 106 Å². The molecule has 132 valence electrons. The lowest BCUT2D eigenvalue weighted by Crippen LogP contribution is -2.12. The zero-order chi connectivity index (χ0) is 18.5. The van der Waals surface area contributed by atoms with Gasteiger partial charge >= 0.3 is 5.69 Å². The van der Waals surface area contributed by atoms with Crippen molar-refractivity contribution in [2.75, 3.05) is 10.6 Å². The summed E-state index contributed by atoms with van der Waals surface area (Å²) in [6.45, 7) is 3.75. The molecule has 0 spiro atoms. The van der Waals surface area contributed by atoms with E-state index in [0.717, 1.165) is 11.3 Å². The number of hydrogen-bond acceptors (Lipinski definition) is 7. The lowest BCUT2D eigenvalue weighted by atomic mass is 10.1. The van der Waals surface area contributed by atoms with Crippen molar-refractivity contribution in [3.8, 4) is 0 Å². The molecule has 1 unspecified atom stereocenters. The van der Waals surface area contributed by atoms with E-state index >= 15 is 0 Å². The molecule has 1 atom stereocenters. The van der Waals surface area contributed by atoms with Crippen molar-refractivity contribution in [3.63, 3.8) is 0 Å². The molecule has 0 aliphatic carbocycles.